The van der Waals surface area contributed by atoms with Gasteiger partial charge in [0.05, 0.1) is 0 Å². The number of nitrogens with one attached hydrogen (secondary N) is 1. The molecule has 3 N–H and O–H groups in total. The number of aromatic amines is 1. The van der Waals surface area contributed by atoms with Gasteiger partial charge in [0.25, 0.3) is 5.56 Å². The Kier molecular flexibility index (Phi) is 3.78. The standard InChI is InChI=1S/C11H13N5O2S/c1-15-7-8(16(2)10(18)14-9(7)17)13-11(15)19-6-4-3-5-12/h3,5,12H2,1-2H3,(H,14,17,18). The van der Waals surface area contributed by atoms with Gasteiger partial charge in [-0.1, -0.05) is 5.92 Å². The average Bonchev–Trinajstić information content (AvgIpc) is 2.70. The number of nitrogens with zero attached hydrogens (tertiary/aromatic N) is 3. The molecule has 0 saturated carbocycles. The van der Waals surface area contributed by atoms with Gasteiger partial charge in [-0.3, -0.25) is 14.3 Å². The fraction of sp³-hybridized carbons (Fsp3) is 0.364. The van der Waals surface area contributed by atoms with Gasteiger partial charge in [0, 0.05) is 38.8 Å². The first-order valence-electron chi connectivity index (χ1n) is 5.56. The minimum atomic E-state index is -0.485. The number of fused-ring (bicyclic) bond motifs is 1. The van der Waals surface area contributed by atoms with Crippen molar-refractivity contribution in [1.29, 1.82) is 0 Å². The number of aromatic nitrogens is 4. The molecule has 0 bridgehead atoms. The van der Waals surface area contributed by atoms with Gasteiger partial charge in [0.15, 0.2) is 16.3 Å². The molecule has 0 aliphatic carbocycles. The van der Waals surface area contributed by atoms with Crippen molar-refractivity contribution in [2.24, 2.45) is 19.8 Å². The lowest BCUT2D eigenvalue weighted by Gasteiger charge is -1.97. The number of aryl methyl sites for hydroxylation is 2. The van der Waals surface area contributed by atoms with Crippen LogP contribution in [-0.4, -0.2) is 25.6 Å². The second-order valence-electron chi connectivity index (χ2n) is 3.86. The Hall–Kier alpha value is -1.98. The van der Waals surface area contributed by atoms with Crippen LogP contribution in [0.5, 0.6) is 0 Å². The fourth-order valence-corrected chi connectivity index (χ4v) is 2.21. The van der Waals surface area contributed by atoms with Crippen LogP contribution in [0.2, 0.25) is 0 Å². The molecule has 2 aromatic rings. The number of H-pyrrole nitrogens is 1. The third-order valence-corrected chi connectivity index (χ3v) is 3.37. The molecule has 0 saturated heterocycles. The SMILES string of the molecule is Cn1c(SC#CCCN)nc2c1c(=O)[nH]c(=O)n2C. The minimum absolute atomic E-state index is 0.347. The van der Waals surface area contributed by atoms with Gasteiger partial charge in [-0.05, 0) is 5.25 Å². The minimum Gasteiger partial charge on any atom is -0.330 e. The zero-order valence-corrected chi connectivity index (χ0v) is 11.4. The maximum atomic E-state index is 11.8. The third kappa shape index (κ3) is 2.43. The number of hydrogen-bond donors (Lipinski definition) is 2. The monoisotopic (exact) mass is 279 g/mol. The Morgan fingerprint density at radius 3 is 2.79 bits per heavy atom. The van der Waals surface area contributed by atoms with Crippen LogP contribution >= 0.6 is 11.8 Å². The highest BCUT2D eigenvalue weighted by atomic mass is 32.2. The van der Waals surface area contributed by atoms with Crippen molar-refractivity contribution in [1.82, 2.24) is 19.1 Å². The normalized spacial score (nSPS) is 10.5. The number of nitrogens with two attached hydrogens (primary N) is 1. The van der Waals surface area contributed by atoms with Crippen LogP contribution in [0.4, 0.5) is 0 Å². The summed E-state index contributed by atoms with van der Waals surface area (Å²) >= 11 is 1.20. The molecule has 0 spiro atoms. The smallest absolute Gasteiger partial charge is 0.329 e. The lowest BCUT2D eigenvalue weighted by molar-refractivity contribution is 0.813. The third-order valence-electron chi connectivity index (χ3n) is 2.58. The zero-order chi connectivity index (χ0) is 14.0. The molecule has 2 heterocycles. The van der Waals surface area contributed by atoms with Gasteiger partial charge >= 0.3 is 5.69 Å². The number of thioether (sulfide) groups is 1. The van der Waals surface area contributed by atoms with E-state index in [-0.39, 0.29) is 0 Å². The second kappa shape index (κ2) is 5.34. The van der Waals surface area contributed by atoms with E-state index in [2.05, 4.69) is 21.1 Å². The Balaban J connectivity index is 2.55. The molecule has 0 amide bonds. The summed E-state index contributed by atoms with van der Waals surface area (Å²) in [6, 6.07) is 0. The lowest BCUT2D eigenvalue weighted by atomic mass is 10.5. The van der Waals surface area contributed by atoms with Gasteiger partial charge in [-0.25, -0.2) is 9.78 Å². The Morgan fingerprint density at radius 2 is 2.11 bits per heavy atom. The summed E-state index contributed by atoms with van der Waals surface area (Å²) in [5, 5.41) is 3.42. The van der Waals surface area contributed by atoms with E-state index in [1.807, 2.05) is 0 Å². The van der Waals surface area contributed by atoms with Gasteiger partial charge in [-0.15, -0.1) is 0 Å². The van der Waals surface area contributed by atoms with Crippen LogP contribution in [0.15, 0.2) is 14.7 Å². The van der Waals surface area contributed by atoms with Crippen molar-refractivity contribution >= 4 is 22.9 Å². The van der Waals surface area contributed by atoms with Crippen molar-refractivity contribution < 1.29 is 0 Å². The molecule has 100 valence electrons. The molecular weight excluding hydrogens is 266 g/mol. The van der Waals surface area contributed by atoms with E-state index in [1.165, 1.54) is 16.3 Å². The maximum Gasteiger partial charge on any atom is 0.329 e. The molecule has 2 aromatic heterocycles. The first kappa shape index (κ1) is 13.5. The molecule has 0 unspecified atom stereocenters. The highest BCUT2D eigenvalue weighted by Gasteiger charge is 2.14. The first-order valence-corrected chi connectivity index (χ1v) is 6.38. The van der Waals surface area contributed by atoms with Crippen molar-refractivity contribution in [3.8, 4) is 11.2 Å². The van der Waals surface area contributed by atoms with E-state index in [1.54, 1.807) is 18.7 Å². The Morgan fingerprint density at radius 1 is 1.37 bits per heavy atom. The van der Waals surface area contributed by atoms with Crippen molar-refractivity contribution in [3.05, 3.63) is 20.8 Å². The van der Waals surface area contributed by atoms with Gasteiger partial charge in [0.2, 0.25) is 0 Å². The predicted octanol–water partition coefficient (Wildman–Crippen LogP) is -0.638. The Labute approximate surface area is 112 Å². The zero-order valence-electron chi connectivity index (χ0n) is 10.6. The molecule has 0 fully saturated rings. The molecule has 19 heavy (non-hydrogen) atoms. The van der Waals surface area contributed by atoms with Crippen LogP contribution in [0.1, 0.15) is 6.42 Å². The van der Waals surface area contributed by atoms with Crippen LogP contribution in [0, 0.1) is 11.2 Å². The van der Waals surface area contributed by atoms with Crippen molar-refractivity contribution in [2.75, 3.05) is 6.54 Å². The van der Waals surface area contributed by atoms with Gasteiger partial charge < -0.3 is 10.3 Å². The van der Waals surface area contributed by atoms with Gasteiger partial charge in [0.1, 0.15) is 0 Å². The highest BCUT2D eigenvalue weighted by molar-refractivity contribution is 8.03. The van der Waals surface area contributed by atoms with Crippen LogP contribution in [0.3, 0.4) is 0 Å². The molecule has 0 aliphatic heterocycles. The summed E-state index contributed by atoms with van der Waals surface area (Å²) in [6.45, 7) is 0.504. The molecule has 0 aliphatic rings. The van der Waals surface area contributed by atoms with Crippen molar-refractivity contribution in [2.45, 2.75) is 11.6 Å². The molecule has 0 radical (unpaired) electrons. The summed E-state index contributed by atoms with van der Waals surface area (Å²) in [4.78, 5) is 29.8. The van der Waals surface area contributed by atoms with Crippen LogP contribution in [0.25, 0.3) is 11.2 Å². The van der Waals surface area contributed by atoms with Crippen LogP contribution in [-0.2, 0) is 14.1 Å². The van der Waals surface area contributed by atoms with Crippen molar-refractivity contribution in [3.63, 3.8) is 0 Å². The largest absolute Gasteiger partial charge is 0.330 e. The molecule has 0 aromatic carbocycles. The van der Waals surface area contributed by atoms with E-state index in [4.69, 9.17) is 5.73 Å². The van der Waals surface area contributed by atoms with E-state index in [9.17, 15) is 9.59 Å². The summed E-state index contributed by atoms with van der Waals surface area (Å²) in [5.74, 6) is 2.88. The second-order valence-corrected chi connectivity index (χ2v) is 4.64. The van der Waals surface area contributed by atoms with Crippen LogP contribution < -0.4 is 17.0 Å². The van der Waals surface area contributed by atoms with E-state index < -0.39 is 11.2 Å². The number of hydrogen-bond acceptors (Lipinski definition) is 5. The summed E-state index contributed by atoms with van der Waals surface area (Å²) < 4.78 is 2.92. The predicted molar refractivity (Wildman–Crippen MR) is 73.9 cm³/mol. The van der Waals surface area contributed by atoms with Gasteiger partial charge in [-0.2, -0.15) is 0 Å². The number of imidazole rings is 1. The van der Waals surface area contributed by atoms with E-state index in [0.717, 1.165) is 0 Å². The molecular formula is C11H13N5O2S. The Bertz CT molecular complexity index is 789. The topological polar surface area (TPSA) is 98.7 Å². The van der Waals surface area contributed by atoms with E-state index in [0.29, 0.717) is 29.3 Å². The number of rotatable bonds is 2. The molecule has 8 heteroatoms. The maximum absolute atomic E-state index is 11.8. The molecule has 7 nitrogen and oxygen atoms in total. The highest BCUT2D eigenvalue weighted by Crippen LogP contribution is 2.18. The summed E-state index contributed by atoms with van der Waals surface area (Å²) in [6.07, 6.45) is 0.607. The fourth-order valence-electron chi connectivity index (χ4n) is 1.58. The lowest BCUT2D eigenvalue weighted by Crippen LogP contribution is -2.29. The quantitative estimate of drug-likeness (QED) is 0.563. The molecule has 2 rings (SSSR count). The van der Waals surface area contributed by atoms with E-state index >= 15 is 0 Å². The first-order chi connectivity index (χ1) is 9.06. The summed E-state index contributed by atoms with van der Waals surface area (Å²) in [5.41, 5.74) is 5.10. The average molecular weight is 279 g/mol. The molecule has 0 atom stereocenters. The summed E-state index contributed by atoms with van der Waals surface area (Å²) in [7, 11) is 3.27.